The first-order valence-electron chi connectivity index (χ1n) is 7.00. The SMILES string of the molecule is CCNc1ncc(Br)c(Sc2nnnn2C2CCCC2)n1. The maximum Gasteiger partial charge on any atom is 0.223 e. The fourth-order valence-electron chi connectivity index (χ4n) is 2.38. The van der Waals surface area contributed by atoms with Crippen molar-refractivity contribution in [2.75, 3.05) is 11.9 Å². The quantitative estimate of drug-likeness (QED) is 0.811. The van der Waals surface area contributed by atoms with Crippen LogP contribution in [0.3, 0.4) is 0 Å². The molecule has 0 radical (unpaired) electrons. The average Bonchev–Trinajstić information content (AvgIpc) is 3.13. The molecule has 0 unspecified atom stereocenters. The molecule has 0 bridgehead atoms. The molecule has 2 heterocycles. The molecule has 0 spiro atoms. The van der Waals surface area contributed by atoms with E-state index >= 15 is 0 Å². The van der Waals surface area contributed by atoms with E-state index < -0.39 is 0 Å². The van der Waals surface area contributed by atoms with E-state index in [-0.39, 0.29) is 0 Å². The van der Waals surface area contributed by atoms with E-state index in [9.17, 15) is 0 Å². The summed E-state index contributed by atoms with van der Waals surface area (Å²) in [5.41, 5.74) is 0. The molecule has 1 N–H and O–H groups in total. The Labute approximate surface area is 135 Å². The smallest absolute Gasteiger partial charge is 0.223 e. The van der Waals surface area contributed by atoms with Gasteiger partial charge in [-0.3, -0.25) is 0 Å². The summed E-state index contributed by atoms with van der Waals surface area (Å²) in [6.45, 7) is 2.80. The maximum absolute atomic E-state index is 4.49. The van der Waals surface area contributed by atoms with Gasteiger partial charge < -0.3 is 5.32 Å². The van der Waals surface area contributed by atoms with Crippen LogP contribution in [0.5, 0.6) is 0 Å². The maximum atomic E-state index is 4.49. The largest absolute Gasteiger partial charge is 0.354 e. The molecule has 112 valence electrons. The highest BCUT2D eigenvalue weighted by molar-refractivity contribution is 9.10. The Morgan fingerprint density at radius 3 is 3.00 bits per heavy atom. The van der Waals surface area contributed by atoms with Crippen LogP contribution >= 0.6 is 27.7 Å². The molecule has 3 rings (SSSR count). The van der Waals surface area contributed by atoms with Crippen molar-refractivity contribution in [3.05, 3.63) is 10.7 Å². The second kappa shape index (κ2) is 6.69. The van der Waals surface area contributed by atoms with Gasteiger partial charge >= 0.3 is 0 Å². The molecule has 2 aromatic heterocycles. The van der Waals surface area contributed by atoms with Gasteiger partial charge in [-0.1, -0.05) is 12.8 Å². The van der Waals surface area contributed by atoms with E-state index in [1.54, 1.807) is 6.20 Å². The van der Waals surface area contributed by atoms with Gasteiger partial charge in [0.25, 0.3) is 0 Å². The highest BCUT2D eigenvalue weighted by Gasteiger charge is 2.22. The van der Waals surface area contributed by atoms with E-state index in [0.717, 1.165) is 34.0 Å². The predicted molar refractivity (Wildman–Crippen MR) is 83.3 cm³/mol. The molecular formula is C12H16BrN7S. The van der Waals surface area contributed by atoms with Gasteiger partial charge in [0.05, 0.1) is 10.5 Å². The van der Waals surface area contributed by atoms with Gasteiger partial charge in [0, 0.05) is 12.7 Å². The van der Waals surface area contributed by atoms with Gasteiger partial charge in [0.1, 0.15) is 5.03 Å². The average molecular weight is 370 g/mol. The lowest BCUT2D eigenvalue weighted by molar-refractivity contribution is 0.423. The highest BCUT2D eigenvalue weighted by atomic mass is 79.9. The fraction of sp³-hybridized carbons (Fsp3) is 0.583. The number of nitrogens with zero attached hydrogens (tertiary/aromatic N) is 6. The molecule has 9 heteroatoms. The topological polar surface area (TPSA) is 81.4 Å². The van der Waals surface area contributed by atoms with E-state index in [4.69, 9.17) is 0 Å². The Hall–Kier alpha value is -1.22. The van der Waals surface area contributed by atoms with Crippen LogP contribution in [0, 0.1) is 0 Å². The van der Waals surface area contributed by atoms with E-state index in [1.807, 2.05) is 11.6 Å². The van der Waals surface area contributed by atoms with Gasteiger partial charge in [-0.25, -0.2) is 14.6 Å². The lowest BCUT2D eigenvalue weighted by atomic mass is 10.3. The Balaban J connectivity index is 1.83. The standard InChI is InChI=1S/C12H16BrN7S/c1-2-14-11-15-7-9(13)10(16-11)21-12-17-18-19-20(12)8-5-3-4-6-8/h7-8H,2-6H2,1H3,(H,14,15,16). The Morgan fingerprint density at radius 1 is 1.43 bits per heavy atom. The Kier molecular flexibility index (Phi) is 4.69. The molecule has 0 amide bonds. The van der Waals surface area contributed by atoms with Crippen LogP contribution in [0.2, 0.25) is 0 Å². The van der Waals surface area contributed by atoms with Crippen molar-refractivity contribution < 1.29 is 0 Å². The van der Waals surface area contributed by atoms with Crippen LogP contribution in [0.15, 0.2) is 20.9 Å². The summed E-state index contributed by atoms with van der Waals surface area (Å²) in [5, 5.41) is 16.8. The molecule has 0 aliphatic heterocycles. The second-order valence-electron chi connectivity index (χ2n) is 4.82. The second-order valence-corrected chi connectivity index (χ2v) is 6.63. The Morgan fingerprint density at radius 2 is 2.24 bits per heavy atom. The number of hydrogen-bond donors (Lipinski definition) is 1. The number of nitrogens with one attached hydrogen (secondary N) is 1. The Bertz CT molecular complexity index is 611. The summed E-state index contributed by atoms with van der Waals surface area (Å²) in [6.07, 6.45) is 6.53. The lowest BCUT2D eigenvalue weighted by Crippen LogP contribution is -2.08. The first kappa shape index (κ1) is 14.7. The predicted octanol–water partition coefficient (Wildman–Crippen LogP) is 2.92. The van der Waals surface area contributed by atoms with Crippen LogP contribution < -0.4 is 5.32 Å². The molecule has 2 aromatic rings. The van der Waals surface area contributed by atoms with Crippen LogP contribution in [-0.4, -0.2) is 36.7 Å². The third kappa shape index (κ3) is 3.34. The molecule has 21 heavy (non-hydrogen) atoms. The molecule has 0 saturated heterocycles. The molecule has 1 aliphatic carbocycles. The van der Waals surface area contributed by atoms with Crippen LogP contribution in [0.1, 0.15) is 38.6 Å². The number of hydrogen-bond acceptors (Lipinski definition) is 7. The molecule has 0 atom stereocenters. The van der Waals surface area contributed by atoms with Crippen molar-refractivity contribution >= 4 is 33.6 Å². The van der Waals surface area contributed by atoms with Crippen LogP contribution in [-0.2, 0) is 0 Å². The fourth-order valence-corrected chi connectivity index (χ4v) is 3.63. The van der Waals surface area contributed by atoms with Gasteiger partial charge in [-0.05, 0) is 57.9 Å². The first-order chi connectivity index (χ1) is 10.3. The molecule has 0 aromatic carbocycles. The van der Waals surface area contributed by atoms with Crippen molar-refractivity contribution in [3.8, 4) is 0 Å². The van der Waals surface area contributed by atoms with Crippen molar-refractivity contribution in [2.24, 2.45) is 0 Å². The lowest BCUT2D eigenvalue weighted by Gasteiger charge is -2.11. The minimum atomic E-state index is 0.413. The van der Waals surface area contributed by atoms with E-state index in [0.29, 0.717) is 12.0 Å². The van der Waals surface area contributed by atoms with Crippen molar-refractivity contribution in [1.29, 1.82) is 0 Å². The van der Waals surface area contributed by atoms with Crippen molar-refractivity contribution in [2.45, 2.75) is 48.8 Å². The van der Waals surface area contributed by atoms with E-state index in [2.05, 4.69) is 46.7 Å². The molecule has 1 saturated carbocycles. The third-order valence-corrected chi connectivity index (χ3v) is 5.17. The van der Waals surface area contributed by atoms with E-state index in [1.165, 1.54) is 24.6 Å². The number of tetrazole rings is 1. The number of aromatic nitrogens is 6. The van der Waals surface area contributed by atoms with Gasteiger partial charge in [-0.2, -0.15) is 0 Å². The molecular weight excluding hydrogens is 354 g/mol. The zero-order chi connectivity index (χ0) is 14.7. The summed E-state index contributed by atoms with van der Waals surface area (Å²) in [7, 11) is 0. The van der Waals surface area contributed by atoms with Gasteiger partial charge in [0.15, 0.2) is 0 Å². The van der Waals surface area contributed by atoms with Gasteiger partial charge in [-0.15, -0.1) is 5.10 Å². The summed E-state index contributed by atoms with van der Waals surface area (Å²) < 4.78 is 2.77. The third-order valence-electron chi connectivity index (χ3n) is 3.37. The number of rotatable bonds is 5. The minimum Gasteiger partial charge on any atom is -0.354 e. The first-order valence-corrected chi connectivity index (χ1v) is 8.61. The molecule has 7 nitrogen and oxygen atoms in total. The zero-order valence-electron chi connectivity index (χ0n) is 11.7. The zero-order valence-corrected chi connectivity index (χ0v) is 14.1. The van der Waals surface area contributed by atoms with Crippen molar-refractivity contribution in [1.82, 2.24) is 30.2 Å². The molecule has 1 fully saturated rings. The molecule has 1 aliphatic rings. The number of halogens is 1. The van der Waals surface area contributed by atoms with Gasteiger partial charge in [0.2, 0.25) is 11.1 Å². The monoisotopic (exact) mass is 369 g/mol. The summed E-state index contributed by atoms with van der Waals surface area (Å²) in [6, 6.07) is 0.413. The van der Waals surface area contributed by atoms with Crippen molar-refractivity contribution in [3.63, 3.8) is 0 Å². The van der Waals surface area contributed by atoms with Crippen LogP contribution in [0.25, 0.3) is 0 Å². The highest BCUT2D eigenvalue weighted by Crippen LogP contribution is 2.35. The number of anilines is 1. The summed E-state index contributed by atoms with van der Waals surface area (Å²) in [4.78, 5) is 8.71. The minimum absolute atomic E-state index is 0.413. The van der Waals surface area contributed by atoms with Crippen LogP contribution in [0.4, 0.5) is 5.95 Å². The summed E-state index contributed by atoms with van der Waals surface area (Å²) in [5.74, 6) is 0.614. The summed E-state index contributed by atoms with van der Waals surface area (Å²) >= 11 is 4.95. The normalized spacial score (nSPS) is 15.5.